The van der Waals surface area contributed by atoms with E-state index in [1.54, 1.807) is 12.4 Å². The highest BCUT2D eigenvalue weighted by molar-refractivity contribution is 8.04. The van der Waals surface area contributed by atoms with Gasteiger partial charge in [-0.15, -0.1) is 11.8 Å². The lowest BCUT2D eigenvalue weighted by Crippen LogP contribution is -2.31. The quantitative estimate of drug-likeness (QED) is 0.747. The second-order valence-corrected chi connectivity index (χ2v) is 8.33. The van der Waals surface area contributed by atoms with Crippen LogP contribution in [-0.4, -0.2) is 26.9 Å². The van der Waals surface area contributed by atoms with Crippen molar-refractivity contribution in [3.05, 3.63) is 69.9 Å². The predicted octanol–water partition coefficient (Wildman–Crippen LogP) is 4.12. The van der Waals surface area contributed by atoms with Gasteiger partial charge in [0.2, 0.25) is 0 Å². The van der Waals surface area contributed by atoms with E-state index < -0.39 is 0 Å². The van der Waals surface area contributed by atoms with Crippen LogP contribution in [0.5, 0.6) is 0 Å². The second-order valence-electron chi connectivity index (χ2n) is 6.75. The molecule has 0 radical (unpaired) electrons. The zero-order valence-electron chi connectivity index (χ0n) is 15.4. The maximum atomic E-state index is 13.2. The highest BCUT2D eigenvalue weighted by atomic mass is 32.2. The summed E-state index contributed by atoms with van der Waals surface area (Å²) in [6.45, 7) is 8.29. The minimum absolute atomic E-state index is 0.209. The number of nitrogens with zero attached hydrogens (tertiary/aromatic N) is 2. The Labute approximate surface area is 158 Å². The van der Waals surface area contributed by atoms with Crippen LogP contribution < -0.4 is 0 Å². The van der Waals surface area contributed by atoms with E-state index in [9.17, 15) is 9.59 Å². The van der Waals surface area contributed by atoms with Crippen LogP contribution in [0.25, 0.3) is 5.57 Å². The van der Waals surface area contributed by atoms with E-state index in [2.05, 4.69) is 4.98 Å². The van der Waals surface area contributed by atoms with E-state index in [4.69, 9.17) is 0 Å². The second kappa shape index (κ2) is 7.46. The molecule has 4 nitrogen and oxygen atoms in total. The third-order valence-corrected chi connectivity index (χ3v) is 5.28. The summed E-state index contributed by atoms with van der Waals surface area (Å²) in [6, 6.07) is 9.65. The van der Waals surface area contributed by atoms with Gasteiger partial charge in [0.15, 0.2) is 0 Å². The Morgan fingerprint density at radius 1 is 1.12 bits per heavy atom. The molecule has 0 saturated heterocycles. The number of amides is 2. The first-order chi connectivity index (χ1) is 12.4. The van der Waals surface area contributed by atoms with Crippen LogP contribution in [-0.2, 0) is 16.1 Å². The molecule has 0 spiro atoms. The first-order valence-electron chi connectivity index (χ1n) is 8.62. The molecule has 1 aromatic carbocycles. The van der Waals surface area contributed by atoms with Gasteiger partial charge in [0.25, 0.3) is 11.8 Å². The van der Waals surface area contributed by atoms with Crippen LogP contribution in [0.15, 0.2) is 47.6 Å². The summed E-state index contributed by atoms with van der Waals surface area (Å²) in [5, 5.41) is 0.209. The van der Waals surface area contributed by atoms with Crippen LogP contribution in [0.3, 0.4) is 0 Å². The Morgan fingerprint density at radius 3 is 2.50 bits per heavy atom. The summed E-state index contributed by atoms with van der Waals surface area (Å²) >= 11 is 1.46. The fourth-order valence-corrected chi connectivity index (χ4v) is 4.05. The first kappa shape index (κ1) is 18.4. The van der Waals surface area contributed by atoms with E-state index in [1.165, 1.54) is 16.7 Å². The lowest BCUT2D eigenvalue weighted by Gasteiger charge is -2.15. The minimum atomic E-state index is -0.228. The molecule has 0 saturated carbocycles. The van der Waals surface area contributed by atoms with Crippen molar-refractivity contribution in [2.24, 2.45) is 0 Å². The SMILES string of the molecule is Cc1ccc(C2=C(SC(C)C)C(=O)N(Cc3cccnc3)C2=O)c(C)c1. The maximum Gasteiger partial charge on any atom is 0.268 e. The Hall–Kier alpha value is -2.40. The van der Waals surface area contributed by atoms with Gasteiger partial charge in [-0.25, -0.2) is 0 Å². The number of thioether (sulfide) groups is 1. The van der Waals surface area contributed by atoms with Gasteiger partial charge >= 0.3 is 0 Å². The molecule has 1 aliphatic heterocycles. The van der Waals surface area contributed by atoms with Crippen molar-refractivity contribution in [2.45, 2.75) is 39.5 Å². The van der Waals surface area contributed by atoms with Crippen LogP contribution in [0.1, 0.15) is 36.1 Å². The summed E-state index contributed by atoms with van der Waals surface area (Å²) < 4.78 is 0. The molecule has 3 rings (SSSR count). The van der Waals surface area contributed by atoms with Crippen molar-refractivity contribution in [1.82, 2.24) is 9.88 Å². The molecular formula is C21H22N2O2S. The largest absolute Gasteiger partial charge is 0.269 e. The van der Waals surface area contributed by atoms with Crippen LogP contribution >= 0.6 is 11.8 Å². The van der Waals surface area contributed by atoms with Gasteiger partial charge in [-0.05, 0) is 36.6 Å². The Bertz CT molecular complexity index is 888. The zero-order chi connectivity index (χ0) is 18.8. The number of carbonyl (C=O) groups excluding carboxylic acids is 2. The molecule has 1 aliphatic rings. The predicted molar refractivity (Wildman–Crippen MR) is 105 cm³/mol. The number of benzene rings is 1. The molecular weight excluding hydrogens is 344 g/mol. The van der Waals surface area contributed by atoms with E-state index in [0.717, 1.165) is 22.3 Å². The molecule has 2 amide bonds. The average Bonchev–Trinajstić information content (AvgIpc) is 2.80. The molecule has 0 unspecified atom stereocenters. The third-order valence-electron chi connectivity index (χ3n) is 4.19. The normalized spacial score (nSPS) is 14.7. The average molecular weight is 366 g/mol. The van der Waals surface area contributed by atoms with E-state index in [0.29, 0.717) is 10.5 Å². The lowest BCUT2D eigenvalue weighted by atomic mass is 9.99. The Kier molecular flexibility index (Phi) is 5.28. The number of hydrogen-bond acceptors (Lipinski definition) is 4. The number of rotatable bonds is 5. The highest BCUT2D eigenvalue weighted by Crippen LogP contribution is 2.39. The maximum absolute atomic E-state index is 13.2. The minimum Gasteiger partial charge on any atom is -0.269 e. The summed E-state index contributed by atoms with van der Waals surface area (Å²) in [5.74, 6) is -0.443. The monoisotopic (exact) mass is 366 g/mol. The number of aryl methyl sites for hydroxylation is 2. The number of pyridine rings is 1. The van der Waals surface area contributed by atoms with E-state index in [1.807, 2.05) is 58.0 Å². The standard InChI is InChI=1S/C21H22N2O2S/c1-13(2)26-19-18(17-8-7-14(3)10-15(17)4)20(24)23(21(19)25)12-16-6-5-9-22-11-16/h5-11,13H,12H2,1-4H3. The topological polar surface area (TPSA) is 50.3 Å². The molecule has 0 fully saturated rings. The first-order valence-corrected chi connectivity index (χ1v) is 9.50. The Balaban J connectivity index is 2.04. The van der Waals surface area contributed by atoms with Crippen molar-refractivity contribution in [3.8, 4) is 0 Å². The molecule has 2 heterocycles. The van der Waals surface area contributed by atoms with Gasteiger partial charge < -0.3 is 0 Å². The number of imide groups is 1. The highest BCUT2D eigenvalue weighted by Gasteiger charge is 2.39. The zero-order valence-corrected chi connectivity index (χ0v) is 16.3. The molecule has 0 atom stereocenters. The Morgan fingerprint density at radius 2 is 1.88 bits per heavy atom. The molecule has 0 N–H and O–H groups in total. The van der Waals surface area contributed by atoms with Crippen LogP contribution in [0, 0.1) is 13.8 Å². The van der Waals surface area contributed by atoms with Crippen molar-refractivity contribution in [1.29, 1.82) is 0 Å². The lowest BCUT2D eigenvalue weighted by molar-refractivity contribution is -0.137. The smallest absolute Gasteiger partial charge is 0.268 e. The van der Waals surface area contributed by atoms with Crippen LogP contribution in [0.2, 0.25) is 0 Å². The molecule has 0 bridgehead atoms. The molecule has 0 aliphatic carbocycles. The van der Waals surface area contributed by atoms with Crippen molar-refractivity contribution >= 4 is 29.1 Å². The van der Waals surface area contributed by atoms with Crippen LogP contribution in [0.4, 0.5) is 0 Å². The number of hydrogen-bond donors (Lipinski definition) is 0. The van der Waals surface area contributed by atoms with Crippen molar-refractivity contribution in [2.75, 3.05) is 0 Å². The van der Waals surface area contributed by atoms with Gasteiger partial charge in [-0.3, -0.25) is 19.5 Å². The molecule has 2 aromatic rings. The number of aromatic nitrogens is 1. The fourth-order valence-electron chi connectivity index (χ4n) is 3.05. The van der Waals surface area contributed by atoms with Gasteiger partial charge in [-0.1, -0.05) is 43.7 Å². The third kappa shape index (κ3) is 3.58. The number of carbonyl (C=O) groups is 2. The van der Waals surface area contributed by atoms with E-state index in [-0.39, 0.29) is 23.6 Å². The molecule has 26 heavy (non-hydrogen) atoms. The van der Waals surface area contributed by atoms with Gasteiger partial charge in [0.1, 0.15) is 0 Å². The molecule has 1 aromatic heterocycles. The van der Waals surface area contributed by atoms with Crippen molar-refractivity contribution < 1.29 is 9.59 Å². The van der Waals surface area contributed by atoms with Gasteiger partial charge in [-0.2, -0.15) is 0 Å². The summed E-state index contributed by atoms with van der Waals surface area (Å²) in [4.78, 5) is 32.1. The van der Waals surface area contributed by atoms with Gasteiger partial charge in [0.05, 0.1) is 17.0 Å². The van der Waals surface area contributed by atoms with Crippen molar-refractivity contribution in [3.63, 3.8) is 0 Å². The molecule has 5 heteroatoms. The molecule has 134 valence electrons. The van der Waals surface area contributed by atoms with E-state index >= 15 is 0 Å². The summed E-state index contributed by atoms with van der Waals surface area (Å²) in [5.41, 5.74) is 4.34. The summed E-state index contributed by atoms with van der Waals surface area (Å²) in [6.07, 6.45) is 3.36. The van der Waals surface area contributed by atoms with Gasteiger partial charge in [0, 0.05) is 17.6 Å². The summed E-state index contributed by atoms with van der Waals surface area (Å²) in [7, 11) is 0. The fraction of sp³-hybridized carbons (Fsp3) is 0.286.